The maximum absolute atomic E-state index is 6.01. The Morgan fingerprint density at radius 2 is 1.41 bits per heavy atom. The van der Waals surface area contributed by atoms with Crippen LogP contribution in [0.25, 0.3) is 0 Å². The van der Waals surface area contributed by atoms with Gasteiger partial charge in [0.25, 0.3) is 0 Å². The largest absolute Gasteiger partial charge is 0.503 e. The van der Waals surface area contributed by atoms with Gasteiger partial charge in [-0.2, -0.15) is 0 Å². The zero-order chi connectivity index (χ0) is 24.5. The van der Waals surface area contributed by atoms with Crippen LogP contribution in [-0.2, 0) is 36.0 Å². The van der Waals surface area contributed by atoms with Crippen LogP contribution in [0.5, 0.6) is 0 Å². The summed E-state index contributed by atoms with van der Waals surface area (Å²) in [6.07, 6.45) is 3.53. The topological polar surface area (TPSA) is 155 Å². The Balaban J connectivity index is 0.000000604. The van der Waals surface area contributed by atoms with Crippen molar-refractivity contribution in [1.29, 1.82) is 0 Å². The molecule has 32 heavy (non-hydrogen) atoms. The molecule has 1 aliphatic heterocycles. The quantitative estimate of drug-likeness (QED) is 0.127. The van der Waals surface area contributed by atoms with Gasteiger partial charge in [-0.05, 0) is 38.8 Å². The molecule has 0 spiro atoms. The van der Waals surface area contributed by atoms with E-state index in [0.29, 0.717) is 32.4 Å². The number of epoxide rings is 1. The van der Waals surface area contributed by atoms with Crippen LogP contribution in [0.4, 0.5) is 0 Å². The third kappa shape index (κ3) is 11.9. The fourth-order valence-corrected chi connectivity index (χ4v) is 7.71. The normalized spacial score (nSPS) is 18.1. The number of rotatable bonds is 19. The smallest absolute Gasteiger partial charge is 0.379 e. The van der Waals surface area contributed by atoms with E-state index in [4.69, 9.17) is 53.2 Å². The second-order valence-corrected chi connectivity index (χ2v) is 13.8. The maximum Gasteiger partial charge on any atom is 0.503 e. The van der Waals surface area contributed by atoms with Gasteiger partial charge in [-0.15, -0.1) is 0 Å². The van der Waals surface area contributed by atoms with Crippen molar-refractivity contribution in [2.24, 2.45) is 17.2 Å². The lowest BCUT2D eigenvalue weighted by molar-refractivity contribution is 0.100. The van der Waals surface area contributed by atoms with Crippen molar-refractivity contribution in [2.45, 2.75) is 49.4 Å². The second kappa shape index (κ2) is 18.3. The molecule has 0 amide bonds. The highest BCUT2D eigenvalue weighted by Crippen LogP contribution is 2.31. The minimum Gasteiger partial charge on any atom is -0.379 e. The zero-order valence-corrected chi connectivity index (χ0v) is 22.8. The molecule has 0 saturated carbocycles. The minimum atomic E-state index is -2.66. The van der Waals surface area contributed by atoms with Crippen LogP contribution in [0.2, 0.25) is 11.6 Å². The molecule has 1 aliphatic rings. The lowest BCUT2D eigenvalue weighted by atomic mass is 10.1. The van der Waals surface area contributed by atoms with Crippen LogP contribution < -0.4 is 17.2 Å². The number of nitrogens with two attached hydrogens (primary N) is 3. The molecule has 6 N–H and O–H groups in total. The van der Waals surface area contributed by atoms with Crippen LogP contribution in [0.15, 0.2) is 0 Å². The molecule has 0 aromatic carbocycles. The molecule has 1 rings (SSSR count). The molecule has 0 aliphatic carbocycles. The van der Waals surface area contributed by atoms with Crippen molar-refractivity contribution in [3.05, 3.63) is 0 Å². The Morgan fingerprint density at radius 1 is 0.875 bits per heavy atom. The molecule has 0 bridgehead atoms. The molecule has 0 aromatic rings. The predicted molar refractivity (Wildman–Crippen MR) is 127 cm³/mol. The Labute approximate surface area is 196 Å². The first-order chi connectivity index (χ1) is 15.4. The van der Waals surface area contributed by atoms with E-state index in [9.17, 15) is 0 Å². The lowest BCUT2D eigenvalue weighted by Gasteiger charge is -2.33. The van der Waals surface area contributed by atoms with Crippen molar-refractivity contribution in [3.63, 3.8) is 0 Å². The SMILES string of the molecule is CO[Si](CCCOCC1CO1)(OC)OC.CO[Si](OC)(OC)C(CCN)CC(N)CCN. The van der Waals surface area contributed by atoms with Gasteiger partial charge in [0.2, 0.25) is 0 Å². The fourth-order valence-electron chi connectivity index (χ4n) is 3.41. The first kappa shape index (κ1) is 32.0. The van der Waals surface area contributed by atoms with Gasteiger partial charge in [-0.25, -0.2) is 0 Å². The van der Waals surface area contributed by atoms with E-state index >= 15 is 0 Å². The van der Waals surface area contributed by atoms with Crippen molar-refractivity contribution >= 4 is 17.6 Å². The van der Waals surface area contributed by atoms with Crippen molar-refractivity contribution in [3.8, 4) is 0 Å². The molecule has 13 heteroatoms. The summed E-state index contributed by atoms with van der Waals surface area (Å²) in [5.41, 5.74) is 17.3. The van der Waals surface area contributed by atoms with E-state index in [1.54, 1.807) is 42.7 Å². The van der Waals surface area contributed by atoms with E-state index in [0.717, 1.165) is 38.3 Å². The van der Waals surface area contributed by atoms with Crippen molar-refractivity contribution in [1.82, 2.24) is 0 Å². The lowest BCUT2D eigenvalue weighted by Crippen LogP contribution is -2.49. The van der Waals surface area contributed by atoms with E-state index < -0.39 is 17.6 Å². The highest BCUT2D eigenvalue weighted by atomic mass is 28.4. The number of hydrogen-bond donors (Lipinski definition) is 3. The van der Waals surface area contributed by atoms with Gasteiger partial charge in [0.1, 0.15) is 6.10 Å². The average Bonchev–Trinajstić information content (AvgIpc) is 3.63. The summed E-state index contributed by atoms with van der Waals surface area (Å²) in [4.78, 5) is 0. The van der Waals surface area contributed by atoms with Gasteiger partial charge >= 0.3 is 17.6 Å². The van der Waals surface area contributed by atoms with E-state index in [1.807, 2.05) is 0 Å². The molecule has 1 fully saturated rings. The number of ether oxygens (including phenoxy) is 2. The first-order valence-corrected chi connectivity index (χ1v) is 14.8. The Kier molecular flexibility index (Phi) is 18.3. The van der Waals surface area contributed by atoms with E-state index in [2.05, 4.69) is 0 Å². The van der Waals surface area contributed by atoms with E-state index in [1.165, 1.54) is 0 Å². The molecule has 3 unspecified atom stereocenters. The summed E-state index contributed by atoms with van der Waals surface area (Å²) in [6.45, 7) is 3.38. The summed E-state index contributed by atoms with van der Waals surface area (Å²) < 4.78 is 42.8. The molecular formula is C19H47N3O8Si2. The van der Waals surface area contributed by atoms with Crippen LogP contribution >= 0.6 is 0 Å². The molecule has 11 nitrogen and oxygen atoms in total. The highest BCUT2D eigenvalue weighted by Gasteiger charge is 2.47. The molecule has 1 heterocycles. The van der Waals surface area contributed by atoms with Crippen molar-refractivity contribution < 1.29 is 36.0 Å². The van der Waals surface area contributed by atoms with Gasteiger partial charge in [0.05, 0.1) is 13.2 Å². The minimum absolute atomic E-state index is 0.0314. The van der Waals surface area contributed by atoms with Gasteiger partial charge in [-0.3, -0.25) is 0 Å². The van der Waals surface area contributed by atoms with Crippen LogP contribution in [0.3, 0.4) is 0 Å². The molecule has 194 valence electrons. The Hall–Kier alpha value is -0.00623. The van der Waals surface area contributed by atoms with Crippen LogP contribution in [-0.4, -0.2) is 105 Å². The Morgan fingerprint density at radius 3 is 1.81 bits per heavy atom. The summed E-state index contributed by atoms with van der Waals surface area (Å²) in [5, 5.41) is 0. The van der Waals surface area contributed by atoms with Gasteiger partial charge < -0.3 is 53.2 Å². The predicted octanol–water partition coefficient (Wildman–Crippen LogP) is 0.320. The third-order valence-corrected chi connectivity index (χ3v) is 11.5. The van der Waals surface area contributed by atoms with Gasteiger partial charge in [0, 0.05) is 66.9 Å². The molecule has 0 aromatic heterocycles. The van der Waals surface area contributed by atoms with Gasteiger partial charge in [-0.1, -0.05) is 0 Å². The average molecular weight is 502 g/mol. The highest BCUT2D eigenvalue weighted by molar-refractivity contribution is 6.62. The Bertz CT molecular complexity index is 428. The second-order valence-electron chi connectivity index (χ2n) is 7.49. The summed E-state index contributed by atoms with van der Waals surface area (Å²) in [5.74, 6) is 0. The van der Waals surface area contributed by atoms with Crippen LogP contribution in [0, 0.1) is 0 Å². The molecule has 0 radical (unpaired) electrons. The summed E-state index contributed by atoms with van der Waals surface area (Å²) in [6, 6.07) is 0.811. The summed E-state index contributed by atoms with van der Waals surface area (Å²) in [7, 11) is 4.64. The summed E-state index contributed by atoms with van der Waals surface area (Å²) >= 11 is 0. The molecule has 1 saturated heterocycles. The third-order valence-electron chi connectivity index (χ3n) is 5.40. The zero-order valence-electron chi connectivity index (χ0n) is 20.8. The monoisotopic (exact) mass is 501 g/mol. The molecular weight excluding hydrogens is 454 g/mol. The van der Waals surface area contributed by atoms with E-state index in [-0.39, 0.29) is 11.6 Å². The fraction of sp³-hybridized carbons (Fsp3) is 1.00. The maximum atomic E-state index is 6.01. The number of hydrogen-bond acceptors (Lipinski definition) is 11. The first-order valence-electron chi connectivity index (χ1n) is 11.0. The van der Waals surface area contributed by atoms with Gasteiger partial charge in [0.15, 0.2) is 0 Å². The van der Waals surface area contributed by atoms with Crippen molar-refractivity contribution in [2.75, 3.05) is 75.6 Å². The van der Waals surface area contributed by atoms with Crippen LogP contribution in [0.1, 0.15) is 25.7 Å². The standard InChI is InChI=1S/C10H27N3O3Si.C9H20O5Si/c1-14-17(15-2,16-3)10(5-7-12)8-9(13)4-6-11;1-10-15(11-2,12-3)6-4-5-13-7-9-8-14-9/h9-10H,4-8,11-13H2,1-3H3;9H,4-8H2,1-3H3. The molecule has 3 atom stereocenters.